The summed E-state index contributed by atoms with van der Waals surface area (Å²) in [6.45, 7) is 4.16. The number of rotatable bonds is 4. The molecule has 0 fully saturated rings. The van der Waals surface area contributed by atoms with E-state index in [4.69, 9.17) is 22.1 Å². The second-order valence-electron chi connectivity index (χ2n) is 4.87. The number of nitrogens with two attached hydrogens (primary N) is 1. The van der Waals surface area contributed by atoms with Crippen LogP contribution in [0.2, 0.25) is 5.02 Å². The first-order valence-electron chi connectivity index (χ1n) is 6.40. The van der Waals surface area contributed by atoms with E-state index in [0.29, 0.717) is 0 Å². The van der Waals surface area contributed by atoms with E-state index in [1.807, 2.05) is 32.0 Å². The van der Waals surface area contributed by atoms with Crippen LogP contribution in [-0.4, -0.2) is 0 Å². The zero-order valence-corrected chi connectivity index (χ0v) is 12.2. The van der Waals surface area contributed by atoms with Crippen LogP contribution in [0.5, 0.6) is 5.75 Å². The monoisotopic (exact) mass is 293 g/mol. The van der Waals surface area contributed by atoms with Crippen LogP contribution in [0, 0.1) is 12.7 Å². The van der Waals surface area contributed by atoms with E-state index in [1.54, 1.807) is 6.07 Å². The van der Waals surface area contributed by atoms with Crippen molar-refractivity contribution in [2.75, 3.05) is 0 Å². The summed E-state index contributed by atoms with van der Waals surface area (Å²) in [5.41, 5.74) is 8.67. The van der Waals surface area contributed by atoms with Crippen molar-refractivity contribution in [3.8, 4) is 5.75 Å². The smallest absolute Gasteiger partial charge is 0.142 e. The standard InChI is InChI=1S/C16H17ClFNO/c1-10-3-5-13(11(2)19)16(7-10)20-9-12-4-6-14(17)15(18)8-12/h3-8,11H,9,19H2,1-2H3. The van der Waals surface area contributed by atoms with Gasteiger partial charge in [-0.2, -0.15) is 0 Å². The summed E-state index contributed by atoms with van der Waals surface area (Å²) < 4.78 is 19.1. The maximum atomic E-state index is 13.4. The van der Waals surface area contributed by atoms with Gasteiger partial charge < -0.3 is 10.5 Å². The summed E-state index contributed by atoms with van der Waals surface area (Å²) in [5, 5.41) is 0.112. The summed E-state index contributed by atoms with van der Waals surface area (Å²) in [6.07, 6.45) is 0. The minimum Gasteiger partial charge on any atom is -0.489 e. The highest BCUT2D eigenvalue weighted by atomic mass is 35.5. The van der Waals surface area contributed by atoms with Crippen molar-refractivity contribution in [1.82, 2.24) is 0 Å². The number of ether oxygens (including phenoxy) is 1. The lowest BCUT2D eigenvalue weighted by atomic mass is 10.1. The average Bonchev–Trinajstić information content (AvgIpc) is 2.40. The first-order chi connectivity index (χ1) is 9.47. The van der Waals surface area contributed by atoms with Crippen molar-refractivity contribution in [2.45, 2.75) is 26.5 Å². The average molecular weight is 294 g/mol. The molecule has 0 aliphatic heterocycles. The van der Waals surface area contributed by atoms with Gasteiger partial charge >= 0.3 is 0 Å². The Balaban J connectivity index is 2.17. The van der Waals surface area contributed by atoms with Gasteiger partial charge in [0.1, 0.15) is 18.2 Å². The molecule has 0 heterocycles. The highest BCUT2D eigenvalue weighted by molar-refractivity contribution is 6.30. The lowest BCUT2D eigenvalue weighted by Crippen LogP contribution is -2.08. The SMILES string of the molecule is Cc1ccc(C(C)N)c(OCc2ccc(Cl)c(F)c2)c1. The van der Waals surface area contributed by atoms with Crippen LogP contribution in [0.3, 0.4) is 0 Å². The first-order valence-corrected chi connectivity index (χ1v) is 6.78. The molecule has 4 heteroatoms. The molecule has 0 spiro atoms. The van der Waals surface area contributed by atoms with Gasteiger partial charge in [-0.25, -0.2) is 4.39 Å². The molecular formula is C16H17ClFNO. The van der Waals surface area contributed by atoms with Crippen LogP contribution in [0.1, 0.15) is 29.7 Å². The summed E-state index contributed by atoms with van der Waals surface area (Å²) in [4.78, 5) is 0. The summed E-state index contributed by atoms with van der Waals surface area (Å²) in [7, 11) is 0. The second kappa shape index (κ2) is 6.25. The maximum Gasteiger partial charge on any atom is 0.142 e. The Morgan fingerprint density at radius 2 is 2.00 bits per heavy atom. The van der Waals surface area contributed by atoms with Gasteiger partial charge in [0.05, 0.1) is 5.02 Å². The van der Waals surface area contributed by atoms with Gasteiger partial charge in [-0.05, 0) is 43.2 Å². The van der Waals surface area contributed by atoms with E-state index in [0.717, 1.165) is 22.4 Å². The normalized spacial score (nSPS) is 12.2. The minimum atomic E-state index is -0.440. The highest BCUT2D eigenvalue weighted by Gasteiger charge is 2.09. The van der Waals surface area contributed by atoms with Crippen molar-refractivity contribution in [2.24, 2.45) is 5.73 Å². The Bertz CT molecular complexity index is 613. The van der Waals surface area contributed by atoms with Gasteiger partial charge in [0.2, 0.25) is 0 Å². The van der Waals surface area contributed by atoms with Crippen LogP contribution in [0.15, 0.2) is 36.4 Å². The van der Waals surface area contributed by atoms with Crippen LogP contribution in [-0.2, 0) is 6.61 Å². The summed E-state index contributed by atoms with van der Waals surface area (Å²) in [6, 6.07) is 10.4. The maximum absolute atomic E-state index is 13.4. The van der Waals surface area contributed by atoms with Crippen LogP contribution >= 0.6 is 11.6 Å². The molecule has 0 aliphatic rings. The molecule has 2 aromatic rings. The van der Waals surface area contributed by atoms with Crippen molar-refractivity contribution < 1.29 is 9.13 Å². The fraction of sp³-hybridized carbons (Fsp3) is 0.250. The Hall–Kier alpha value is -1.58. The topological polar surface area (TPSA) is 35.2 Å². The molecule has 0 saturated heterocycles. The van der Waals surface area contributed by atoms with Gasteiger partial charge in [0, 0.05) is 11.6 Å². The Morgan fingerprint density at radius 3 is 2.65 bits per heavy atom. The third-order valence-corrected chi connectivity index (χ3v) is 3.34. The molecule has 106 valence electrons. The Labute approximate surface area is 123 Å². The molecule has 1 unspecified atom stereocenters. The molecule has 2 rings (SSSR count). The summed E-state index contributed by atoms with van der Waals surface area (Å²) >= 11 is 5.65. The van der Waals surface area contributed by atoms with E-state index in [9.17, 15) is 4.39 Å². The van der Waals surface area contributed by atoms with Gasteiger partial charge in [0.25, 0.3) is 0 Å². The molecular weight excluding hydrogens is 277 g/mol. The Morgan fingerprint density at radius 1 is 1.25 bits per heavy atom. The number of benzene rings is 2. The molecule has 2 aromatic carbocycles. The summed E-state index contributed by atoms with van der Waals surface area (Å²) in [5.74, 6) is 0.291. The molecule has 0 saturated carbocycles. The predicted octanol–water partition coefficient (Wildman–Crippen LogP) is 4.39. The molecule has 2 N–H and O–H groups in total. The number of aryl methyl sites for hydroxylation is 1. The van der Waals surface area contributed by atoms with E-state index in [1.165, 1.54) is 12.1 Å². The fourth-order valence-corrected chi connectivity index (χ4v) is 2.05. The van der Waals surface area contributed by atoms with Crippen molar-refractivity contribution in [3.63, 3.8) is 0 Å². The molecule has 2 nitrogen and oxygen atoms in total. The Kier molecular flexibility index (Phi) is 4.63. The largest absolute Gasteiger partial charge is 0.489 e. The molecule has 0 radical (unpaired) electrons. The third kappa shape index (κ3) is 3.50. The fourth-order valence-electron chi connectivity index (χ4n) is 1.93. The first kappa shape index (κ1) is 14.8. The number of hydrogen-bond acceptors (Lipinski definition) is 2. The second-order valence-corrected chi connectivity index (χ2v) is 5.27. The zero-order chi connectivity index (χ0) is 14.7. The lowest BCUT2D eigenvalue weighted by Gasteiger charge is -2.15. The van der Waals surface area contributed by atoms with Gasteiger partial charge in [0.15, 0.2) is 0 Å². The van der Waals surface area contributed by atoms with E-state index in [2.05, 4.69) is 0 Å². The van der Waals surface area contributed by atoms with Gasteiger partial charge in [-0.15, -0.1) is 0 Å². The predicted molar refractivity (Wildman–Crippen MR) is 79.5 cm³/mol. The molecule has 0 bridgehead atoms. The number of halogens is 2. The van der Waals surface area contributed by atoms with E-state index >= 15 is 0 Å². The van der Waals surface area contributed by atoms with Gasteiger partial charge in [-0.3, -0.25) is 0 Å². The van der Waals surface area contributed by atoms with Crippen molar-refractivity contribution in [1.29, 1.82) is 0 Å². The van der Waals surface area contributed by atoms with Crippen LogP contribution in [0.4, 0.5) is 4.39 Å². The zero-order valence-electron chi connectivity index (χ0n) is 11.5. The number of hydrogen-bond donors (Lipinski definition) is 1. The highest BCUT2D eigenvalue weighted by Crippen LogP contribution is 2.26. The molecule has 0 aromatic heterocycles. The van der Waals surface area contributed by atoms with Crippen LogP contribution in [0.25, 0.3) is 0 Å². The molecule has 20 heavy (non-hydrogen) atoms. The molecule has 1 atom stereocenters. The van der Waals surface area contributed by atoms with E-state index < -0.39 is 5.82 Å². The molecule has 0 amide bonds. The van der Waals surface area contributed by atoms with Gasteiger partial charge in [-0.1, -0.05) is 29.8 Å². The molecule has 0 aliphatic carbocycles. The van der Waals surface area contributed by atoms with Crippen LogP contribution < -0.4 is 10.5 Å². The van der Waals surface area contributed by atoms with Crippen molar-refractivity contribution >= 4 is 11.6 Å². The third-order valence-electron chi connectivity index (χ3n) is 3.04. The minimum absolute atomic E-state index is 0.112. The lowest BCUT2D eigenvalue weighted by molar-refractivity contribution is 0.300. The van der Waals surface area contributed by atoms with E-state index in [-0.39, 0.29) is 17.7 Å². The quantitative estimate of drug-likeness (QED) is 0.907. The van der Waals surface area contributed by atoms with Crippen molar-refractivity contribution in [3.05, 3.63) is 63.9 Å².